The Morgan fingerprint density at radius 2 is 1.46 bits per heavy atom. The standard InChI is InChI=1S/C35H34N6O4S/c1-43-25-18-23(19-26(44-2)31(25)45-3)27-24(20-36)33(38)39-34-28(27)29(37)32(46-34)35(42)41-16-14-40(15-17-41)30(21-10-6-4-7-11-21)22-12-8-5-9-13-22/h4-13,18-19,30H,14-17,37H2,1-3H3,(H2,38,39). The topological polar surface area (TPSA) is 140 Å². The van der Waals surface area contributed by atoms with Crippen molar-refractivity contribution in [2.45, 2.75) is 6.04 Å². The molecular weight excluding hydrogens is 600 g/mol. The van der Waals surface area contributed by atoms with Crippen LogP contribution in [0.3, 0.4) is 0 Å². The highest BCUT2D eigenvalue weighted by Gasteiger charge is 2.32. The number of carbonyl (C=O) groups excluding carboxylic acids is 1. The molecule has 10 nitrogen and oxygen atoms in total. The molecule has 1 saturated heterocycles. The first-order valence-corrected chi connectivity index (χ1v) is 15.6. The Hall–Kier alpha value is -5.31. The van der Waals surface area contributed by atoms with Crippen molar-refractivity contribution in [2.75, 3.05) is 59.0 Å². The quantitative estimate of drug-likeness (QED) is 0.224. The highest BCUT2D eigenvalue weighted by Crippen LogP contribution is 2.47. The number of carbonyl (C=O) groups is 1. The molecule has 0 bridgehead atoms. The Morgan fingerprint density at radius 3 is 1.96 bits per heavy atom. The van der Waals surface area contributed by atoms with E-state index in [0.717, 1.165) is 0 Å². The second-order valence-electron chi connectivity index (χ2n) is 10.8. The number of ether oxygens (including phenoxy) is 3. The minimum atomic E-state index is -0.177. The summed E-state index contributed by atoms with van der Waals surface area (Å²) in [5, 5.41) is 10.6. The Kier molecular flexibility index (Phi) is 8.66. The lowest BCUT2D eigenvalue weighted by Crippen LogP contribution is -2.49. The van der Waals surface area contributed by atoms with Gasteiger partial charge in [0.1, 0.15) is 27.2 Å². The van der Waals surface area contributed by atoms with Gasteiger partial charge in [0.25, 0.3) is 5.91 Å². The van der Waals surface area contributed by atoms with E-state index in [1.165, 1.54) is 43.8 Å². The number of nitriles is 1. The van der Waals surface area contributed by atoms with Crippen molar-refractivity contribution in [3.63, 3.8) is 0 Å². The van der Waals surface area contributed by atoms with E-state index in [0.29, 0.717) is 69.6 Å². The van der Waals surface area contributed by atoms with Crippen LogP contribution in [0.2, 0.25) is 0 Å². The van der Waals surface area contributed by atoms with E-state index in [1.54, 1.807) is 12.1 Å². The van der Waals surface area contributed by atoms with Crippen LogP contribution >= 0.6 is 11.3 Å². The van der Waals surface area contributed by atoms with E-state index in [2.05, 4.69) is 64.5 Å². The zero-order valence-corrected chi connectivity index (χ0v) is 26.6. The largest absolute Gasteiger partial charge is 0.493 e. The second kappa shape index (κ2) is 13.0. The van der Waals surface area contributed by atoms with Gasteiger partial charge in [0.05, 0.1) is 33.1 Å². The normalized spacial score (nSPS) is 13.5. The predicted molar refractivity (Wildman–Crippen MR) is 180 cm³/mol. The number of rotatable bonds is 8. The predicted octanol–water partition coefficient (Wildman–Crippen LogP) is 5.57. The molecule has 0 saturated carbocycles. The van der Waals surface area contributed by atoms with E-state index >= 15 is 0 Å². The van der Waals surface area contributed by atoms with Crippen LogP contribution in [-0.2, 0) is 0 Å². The van der Waals surface area contributed by atoms with Crippen molar-refractivity contribution in [1.82, 2.24) is 14.8 Å². The average molecular weight is 635 g/mol. The molecule has 0 radical (unpaired) electrons. The molecule has 46 heavy (non-hydrogen) atoms. The van der Waals surface area contributed by atoms with Gasteiger partial charge in [-0.15, -0.1) is 11.3 Å². The van der Waals surface area contributed by atoms with Crippen LogP contribution in [-0.4, -0.2) is 68.2 Å². The van der Waals surface area contributed by atoms with Gasteiger partial charge >= 0.3 is 0 Å². The lowest BCUT2D eigenvalue weighted by Gasteiger charge is -2.39. The number of pyridine rings is 1. The summed E-state index contributed by atoms with van der Waals surface area (Å²) in [6.07, 6.45) is 0. The highest BCUT2D eigenvalue weighted by atomic mass is 32.1. The number of nitrogens with zero attached hydrogens (tertiary/aromatic N) is 4. The smallest absolute Gasteiger partial charge is 0.266 e. The summed E-state index contributed by atoms with van der Waals surface area (Å²) >= 11 is 1.18. The molecule has 6 rings (SSSR count). The molecule has 2 aromatic heterocycles. The summed E-state index contributed by atoms with van der Waals surface area (Å²) < 4.78 is 16.6. The zero-order chi connectivity index (χ0) is 32.4. The minimum absolute atomic E-state index is 0.0421. The van der Waals surface area contributed by atoms with Crippen LogP contribution in [0.1, 0.15) is 32.4 Å². The van der Waals surface area contributed by atoms with Crippen molar-refractivity contribution < 1.29 is 19.0 Å². The molecule has 0 spiro atoms. The molecule has 1 fully saturated rings. The summed E-state index contributed by atoms with van der Waals surface area (Å²) in [6, 6.07) is 26.6. The number of amides is 1. The lowest BCUT2D eigenvalue weighted by molar-refractivity contribution is 0.0603. The van der Waals surface area contributed by atoms with E-state index < -0.39 is 0 Å². The van der Waals surface area contributed by atoms with Crippen molar-refractivity contribution in [2.24, 2.45) is 0 Å². The molecule has 4 N–H and O–H groups in total. The summed E-state index contributed by atoms with van der Waals surface area (Å²) in [5.41, 5.74) is 16.9. The maximum absolute atomic E-state index is 14.0. The number of methoxy groups -OCH3 is 3. The van der Waals surface area contributed by atoms with Gasteiger partial charge in [-0.1, -0.05) is 60.7 Å². The van der Waals surface area contributed by atoms with Crippen LogP contribution in [0.4, 0.5) is 11.5 Å². The maximum Gasteiger partial charge on any atom is 0.266 e. The number of nitrogen functional groups attached to an aromatic ring is 2. The Labute approximate surface area is 271 Å². The summed E-state index contributed by atoms with van der Waals surface area (Å²) in [6.45, 7) is 2.43. The highest BCUT2D eigenvalue weighted by molar-refractivity contribution is 7.21. The van der Waals surface area contributed by atoms with Crippen molar-refractivity contribution in [3.05, 3.63) is 94.4 Å². The average Bonchev–Trinajstić information content (AvgIpc) is 3.42. The number of benzene rings is 3. The molecular formula is C35H34N6O4S. The van der Waals surface area contributed by atoms with Gasteiger partial charge in [-0.3, -0.25) is 9.69 Å². The molecule has 0 unspecified atom stereocenters. The van der Waals surface area contributed by atoms with Gasteiger partial charge in [0, 0.05) is 37.1 Å². The number of hydrogen-bond acceptors (Lipinski definition) is 10. The van der Waals surface area contributed by atoms with Crippen LogP contribution in [0.5, 0.6) is 17.2 Å². The van der Waals surface area contributed by atoms with Gasteiger partial charge in [-0.05, 0) is 28.8 Å². The number of nitrogens with two attached hydrogens (primary N) is 2. The molecule has 1 aliphatic heterocycles. The maximum atomic E-state index is 14.0. The SMILES string of the molecule is COc1cc(-c2c(C#N)c(N)nc3sc(C(=O)N4CCN(C(c5ccccc5)c5ccccc5)CC4)c(N)c23)cc(OC)c1OC. The molecule has 5 aromatic rings. The van der Waals surface area contributed by atoms with Crippen LogP contribution in [0.15, 0.2) is 72.8 Å². The molecule has 1 aliphatic rings. The Morgan fingerprint density at radius 1 is 0.891 bits per heavy atom. The number of thiophene rings is 1. The Bertz CT molecular complexity index is 1870. The molecule has 1 amide bonds. The van der Waals surface area contributed by atoms with Crippen LogP contribution in [0.25, 0.3) is 21.3 Å². The van der Waals surface area contributed by atoms with Crippen LogP contribution in [0, 0.1) is 11.3 Å². The zero-order valence-electron chi connectivity index (χ0n) is 25.8. The van der Waals surface area contributed by atoms with E-state index in [4.69, 9.17) is 25.7 Å². The van der Waals surface area contributed by atoms with Crippen LogP contribution < -0.4 is 25.7 Å². The fraction of sp³-hybridized carbons (Fsp3) is 0.229. The summed E-state index contributed by atoms with van der Waals surface area (Å²) in [7, 11) is 4.54. The fourth-order valence-corrected chi connectivity index (χ4v) is 7.25. The molecule has 0 atom stereocenters. The summed E-state index contributed by atoms with van der Waals surface area (Å²) in [5.74, 6) is 1.07. The Balaban J connectivity index is 1.35. The van der Waals surface area contributed by atoms with Gasteiger partial charge in [0.2, 0.25) is 5.75 Å². The van der Waals surface area contributed by atoms with Gasteiger partial charge in [-0.25, -0.2) is 4.98 Å². The van der Waals surface area contributed by atoms with Crippen molar-refractivity contribution in [3.8, 4) is 34.4 Å². The second-order valence-corrected chi connectivity index (χ2v) is 11.8. The monoisotopic (exact) mass is 634 g/mol. The number of anilines is 2. The van der Waals surface area contributed by atoms with Gasteiger partial charge in [0.15, 0.2) is 11.5 Å². The van der Waals surface area contributed by atoms with E-state index in [-0.39, 0.29) is 29.0 Å². The van der Waals surface area contributed by atoms with Gasteiger partial charge < -0.3 is 30.6 Å². The first-order valence-electron chi connectivity index (χ1n) is 14.7. The third-order valence-electron chi connectivity index (χ3n) is 8.36. The third-order valence-corrected chi connectivity index (χ3v) is 9.45. The third kappa shape index (κ3) is 5.42. The first kappa shape index (κ1) is 30.7. The summed E-state index contributed by atoms with van der Waals surface area (Å²) in [4.78, 5) is 23.6. The molecule has 0 aliphatic carbocycles. The number of piperazine rings is 1. The molecule has 3 aromatic carbocycles. The van der Waals surface area contributed by atoms with Crippen molar-refractivity contribution in [1.29, 1.82) is 5.26 Å². The molecule has 11 heteroatoms. The minimum Gasteiger partial charge on any atom is -0.493 e. The van der Waals surface area contributed by atoms with Crippen molar-refractivity contribution >= 4 is 39.0 Å². The van der Waals surface area contributed by atoms with E-state index in [9.17, 15) is 10.1 Å². The van der Waals surface area contributed by atoms with E-state index in [1.807, 2.05) is 17.0 Å². The number of aromatic nitrogens is 1. The van der Waals surface area contributed by atoms with Gasteiger partial charge in [-0.2, -0.15) is 5.26 Å². The first-order chi connectivity index (χ1) is 22.4. The lowest BCUT2D eigenvalue weighted by atomic mass is 9.96. The number of fused-ring (bicyclic) bond motifs is 1. The molecule has 234 valence electrons. The fourth-order valence-electron chi connectivity index (χ4n) is 6.17. The number of hydrogen-bond donors (Lipinski definition) is 2. The molecule has 3 heterocycles.